The Labute approximate surface area is 90.0 Å². The number of halogens is 1. The number of fused-ring (bicyclic) bond motifs is 1. The number of hydrogen-bond donors (Lipinski definition) is 0. The average Bonchev–Trinajstić information content (AvgIpc) is 2.18. The molecule has 2 atom stereocenters. The van der Waals surface area contributed by atoms with Crippen LogP contribution in [0.25, 0.3) is 0 Å². The lowest BCUT2D eigenvalue weighted by atomic mass is 9.93. The monoisotopic (exact) mass is 210 g/mol. The van der Waals surface area contributed by atoms with Crippen LogP contribution in [0.15, 0.2) is 24.3 Å². The van der Waals surface area contributed by atoms with E-state index in [1.807, 2.05) is 0 Å². The average molecular weight is 211 g/mol. The van der Waals surface area contributed by atoms with E-state index in [0.717, 1.165) is 12.8 Å². The van der Waals surface area contributed by atoms with Crippen LogP contribution >= 0.6 is 11.6 Å². The first kappa shape index (κ1) is 10.0. The van der Waals surface area contributed by atoms with Gasteiger partial charge in [0.1, 0.15) is 0 Å². The molecule has 0 amide bonds. The van der Waals surface area contributed by atoms with Crippen molar-refractivity contribution in [1.29, 1.82) is 0 Å². The summed E-state index contributed by atoms with van der Waals surface area (Å²) in [6, 6.07) is 8.50. The second-order valence-electron chi connectivity index (χ2n) is 3.82. The molecule has 0 radical (unpaired) electrons. The van der Waals surface area contributed by atoms with Crippen LogP contribution in [0.2, 0.25) is 0 Å². The van der Waals surface area contributed by atoms with Crippen LogP contribution < -0.4 is 0 Å². The van der Waals surface area contributed by atoms with Crippen LogP contribution in [0.3, 0.4) is 0 Å². The maximum absolute atomic E-state index is 5.87. The molecule has 1 aromatic rings. The molecule has 1 aliphatic heterocycles. The zero-order valence-electron chi connectivity index (χ0n) is 8.37. The lowest BCUT2D eigenvalue weighted by Crippen LogP contribution is -2.23. The van der Waals surface area contributed by atoms with E-state index in [1.54, 1.807) is 0 Å². The van der Waals surface area contributed by atoms with Crippen LogP contribution in [0.1, 0.15) is 30.6 Å². The van der Waals surface area contributed by atoms with Crippen molar-refractivity contribution in [2.45, 2.75) is 32.0 Å². The van der Waals surface area contributed by atoms with E-state index in [-0.39, 0.29) is 6.10 Å². The maximum atomic E-state index is 5.87. The summed E-state index contributed by atoms with van der Waals surface area (Å²) in [5.41, 5.74) is 2.74. The van der Waals surface area contributed by atoms with Crippen LogP contribution in [-0.4, -0.2) is 12.0 Å². The van der Waals surface area contributed by atoms with Crippen LogP contribution in [0.5, 0.6) is 0 Å². The minimum Gasteiger partial charge on any atom is -0.370 e. The molecule has 0 bridgehead atoms. The minimum atomic E-state index is 0.201. The lowest BCUT2D eigenvalue weighted by molar-refractivity contribution is -0.0167. The van der Waals surface area contributed by atoms with Crippen LogP contribution in [-0.2, 0) is 11.2 Å². The molecule has 1 heterocycles. The summed E-state index contributed by atoms with van der Waals surface area (Å²) in [4.78, 5) is 0. The Hall–Kier alpha value is -0.530. The number of hydrogen-bond acceptors (Lipinski definition) is 1. The number of ether oxygens (including phenoxy) is 1. The predicted molar refractivity (Wildman–Crippen MR) is 58.8 cm³/mol. The quantitative estimate of drug-likeness (QED) is 0.681. The Morgan fingerprint density at radius 1 is 1.43 bits per heavy atom. The molecule has 0 spiro atoms. The van der Waals surface area contributed by atoms with Gasteiger partial charge in [-0.1, -0.05) is 24.3 Å². The van der Waals surface area contributed by atoms with Gasteiger partial charge in [-0.2, -0.15) is 0 Å². The maximum Gasteiger partial charge on any atom is 0.0842 e. The number of benzene rings is 1. The van der Waals surface area contributed by atoms with Gasteiger partial charge in [0.25, 0.3) is 0 Å². The highest BCUT2D eigenvalue weighted by molar-refractivity contribution is 6.17. The second-order valence-corrected chi connectivity index (χ2v) is 4.19. The summed E-state index contributed by atoms with van der Waals surface area (Å²) in [6.07, 6.45) is 2.45. The number of rotatable bonds is 2. The van der Waals surface area contributed by atoms with Crippen molar-refractivity contribution in [3.63, 3.8) is 0 Å². The van der Waals surface area contributed by atoms with Gasteiger partial charge in [0.15, 0.2) is 0 Å². The van der Waals surface area contributed by atoms with E-state index in [2.05, 4.69) is 31.2 Å². The molecule has 0 aliphatic carbocycles. The smallest absolute Gasteiger partial charge is 0.0842 e. The first-order valence-electron chi connectivity index (χ1n) is 5.10. The zero-order chi connectivity index (χ0) is 9.97. The Morgan fingerprint density at radius 2 is 2.21 bits per heavy atom. The first-order chi connectivity index (χ1) is 6.81. The van der Waals surface area contributed by atoms with Crippen molar-refractivity contribution in [1.82, 2.24) is 0 Å². The van der Waals surface area contributed by atoms with E-state index in [4.69, 9.17) is 16.3 Å². The van der Waals surface area contributed by atoms with E-state index >= 15 is 0 Å². The molecule has 2 unspecified atom stereocenters. The molecule has 0 aromatic heterocycles. The summed E-state index contributed by atoms with van der Waals surface area (Å²) < 4.78 is 5.87. The fourth-order valence-electron chi connectivity index (χ4n) is 2.07. The number of alkyl halides is 1. The minimum absolute atomic E-state index is 0.201. The van der Waals surface area contributed by atoms with Gasteiger partial charge in [0.2, 0.25) is 0 Å². The third kappa shape index (κ3) is 1.94. The van der Waals surface area contributed by atoms with Gasteiger partial charge in [-0.25, -0.2) is 0 Å². The first-order valence-corrected chi connectivity index (χ1v) is 5.64. The highest BCUT2D eigenvalue weighted by Gasteiger charge is 2.23. The van der Waals surface area contributed by atoms with E-state index < -0.39 is 0 Å². The van der Waals surface area contributed by atoms with Crippen LogP contribution in [0, 0.1) is 0 Å². The lowest BCUT2D eigenvalue weighted by Gasteiger charge is -2.30. The molecule has 0 N–H and O–H groups in total. The van der Waals surface area contributed by atoms with Gasteiger partial charge in [-0.05, 0) is 30.9 Å². The van der Waals surface area contributed by atoms with Crippen molar-refractivity contribution in [3.05, 3.63) is 35.4 Å². The van der Waals surface area contributed by atoms with E-state index in [0.29, 0.717) is 12.0 Å². The van der Waals surface area contributed by atoms with Crippen molar-refractivity contribution in [2.24, 2.45) is 0 Å². The zero-order valence-corrected chi connectivity index (χ0v) is 9.13. The summed E-state index contributed by atoms with van der Waals surface area (Å²) in [5.74, 6) is 0.658. The van der Waals surface area contributed by atoms with Gasteiger partial charge in [-0.3, -0.25) is 0 Å². The Bertz CT molecular complexity index is 311. The third-order valence-corrected chi connectivity index (χ3v) is 2.90. The fourth-order valence-corrected chi connectivity index (χ4v) is 2.27. The molecule has 1 aromatic carbocycles. The van der Waals surface area contributed by atoms with Crippen molar-refractivity contribution in [2.75, 3.05) is 5.88 Å². The van der Waals surface area contributed by atoms with E-state index in [9.17, 15) is 0 Å². The summed E-state index contributed by atoms with van der Waals surface area (Å²) in [7, 11) is 0. The molecule has 0 saturated heterocycles. The predicted octanol–water partition coefficient (Wildman–Crippen LogP) is 3.32. The topological polar surface area (TPSA) is 9.23 Å². The third-order valence-electron chi connectivity index (χ3n) is 2.68. The Morgan fingerprint density at radius 3 is 3.00 bits per heavy atom. The van der Waals surface area contributed by atoms with Gasteiger partial charge in [-0.15, -0.1) is 11.6 Å². The van der Waals surface area contributed by atoms with Gasteiger partial charge >= 0.3 is 0 Å². The van der Waals surface area contributed by atoms with Gasteiger partial charge < -0.3 is 4.74 Å². The molecule has 1 aliphatic rings. The summed E-state index contributed by atoms with van der Waals surface area (Å²) in [5, 5.41) is 0. The van der Waals surface area contributed by atoms with Crippen molar-refractivity contribution >= 4 is 11.6 Å². The summed E-state index contributed by atoms with van der Waals surface area (Å²) >= 11 is 5.77. The normalized spacial score (nSPS) is 25.9. The molecule has 0 saturated carbocycles. The Kier molecular flexibility index (Phi) is 3.09. The highest BCUT2D eigenvalue weighted by Crippen LogP contribution is 2.32. The Balaban J connectivity index is 2.28. The molecule has 14 heavy (non-hydrogen) atoms. The molecule has 1 nitrogen and oxygen atoms in total. The molecule has 2 rings (SSSR count). The van der Waals surface area contributed by atoms with Crippen LogP contribution in [0.4, 0.5) is 0 Å². The summed E-state index contributed by atoms with van der Waals surface area (Å²) in [6.45, 7) is 2.12. The SMILES string of the molecule is CC1Cc2ccccc2C(CCCl)O1. The van der Waals surface area contributed by atoms with Crippen molar-refractivity contribution < 1.29 is 4.74 Å². The standard InChI is InChI=1S/C12H15ClO/c1-9-8-10-4-2-3-5-11(10)12(14-9)6-7-13/h2-5,9,12H,6-8H2,1H3. The van der Waals surface area contributed by atoms with Crippen molar-refractivity contribution in [3.8, 4) is 0 Å². The fraction of sp³-hybridized carbons (Fsp3) is 0.500. The molecular formula is C12H15ClO. The molecule has 2 heteroatoms. The molecular weight excluding hydrogens is 196 g/mol. The second kappa shape index (κ2) is 4.33. The largest absolute Gasteiger partial charge is 0.370 e. The molecule has 0 fully saturated rings. The van der Waals surface area contributed by atoms with E-state index in [1.165, 1.54) is 11.1 Å². The molecule has 76 valence electrons. The highest BCUT2D eigenvalue weighted by atomic mass is 35.5. The van der Waals surface area contributed by atoms with Gasteiger partial charge in [0, 0.05) is 5.88 Å². The van der Waals surface area contributed by atoms with Gasteiger partial charge in [0.05, 0.1) is 12.2 Å².